The lowest BCUT2D eigenvalue weighted by atomic mass is 9.83. The molecule has 3 amide bonds. The highest BCUT2D eigenvalue weighted by Crippen LogP contribution is 2.31. The van der Waals surface area contributed by atoms with Crippen molar-refractivity contribution in [3.63, 3.8) is 0 Å². The van der Waals surface area contributed by atoms with Crippen LogP contribution >= 0.6 is 0 Å². The highest BCUT2D eigenvalue weighted by atomic mass is 16.2. The Kier molecular flexibility index (Phi) is 5.60. The molecule has 164 valence electrons. The number of amides is 3. The molecule has 8 nitrogen and oxygen atoms in total. The zero-order chi connectivity index (χ0) is 21.9. The maximum atomic E-state index is 12.8. The van der Waals surface area contributed by atoms with Crippen molar-refractivity contribution in [3.05, 3.63) is 66.7 Å². The molecule has 1 saturated carbocycles. The molecule has 3 atom stereocenters. The van der Waals surface area contributed by atoms with Gasteiger partial charge in [0.2, 0.25) is 5.91 Å². The Morgan fingerprint density at radius 1 is 0.969 bits per heavy atom. The van der Waals surface area contributed by atoms with Crippen molar-refractivity contribution in [2.75, 3.05) is 10.6 Å². The van der Waals surface area contributed by atoms with E-state index in [0.717, 1.165) is 31.2 Å². The van der Waals surface area contributed by atoms with Gasteiger partial charge in [-0.2, -0.15) is 5.10 Å². The van der Waals surface area contributed by atoms with Crippen LogP contribution in [0.25, 0.3) is 11.3 Å². The Hall–Kier alpha value is -3.65. The van der Waals surface area contributed by atoms with E-state index in [1.807, 2.05) is 66.7 Å². The van der Waals surface area contributed by atoms with Crippen molar-refractivity contribution in [3.8, 4) is 11.3 Å². The second-order valence-corrected chi connectivity index (χ2v) is 8.25. The van der Waals surface area contributed by atoms with Crippen molar-refractivity contribution in [1.29, 1.82) is 0 Å². The summed E-state index contributed by atoms with van der Waals surface area (Å²) in [4.78, 5) is 25.5. The number of benzene rings is 2. The van der Waals surface area contributed by atoms with E-state index in [2.05, 4.69) is 21.3 Å². The minimum Gasteiger partial charge on any atom is -0.322 e. The lowest BCUT2D eigenvalue weighted by Crippen LogP contribution is -2.59. The second-order valence-electron chi connectivity index (χ2n) is 8.25. The Labute approximate surface area is 186 Å². The van der Waals surface area contributed by atoms with E-state index in [1.54, 1.807) is 4.68 Å². The van der Waals surface area contributed by atoms with Crippen molar-refractivity contribution >= 4 is 23.4 Å². The van der Waals surface area contributed by atoms with Gasteiger partial charge in [-0.3, -0.25) is 15.4 Å². The quantitative estimate of drug-likeness (QED) is 0.504. The molecule has 0 radical (unpaired) electrons. The van der Waals surface area contributed by atoms with E-state index >= 15 is 0 Å². The topological polar surface area (TPSA) is 100 Å². The van der Waals surface area contributed by atoms with E-state index in [4.69, 9.17) is 5.10 Å². The van der Waals surface area contributed by atoms with Crippen molar-refractivity contribution < 1.29 is 9.59 Å². The first-order valence-corrected chi connectivity index (χ1v) is 11.0. The third-order valence-electron chi connectivity index (χ3n) is 6.08. The molecule has 32 heavy (non-hydrogen) atoms. The molecule has 2 heterocycles. The van der Waals surface area contributed by atoms with Crippen LogP contribution in [0.15, 0.2) is 66.7 Å². The minimum absolute atomic E-state index is 0.0121. The number of hydrogen-bond donors (Lipinski definition) is 4. The first kappa shape index (κ1) is 20.3. The highest BCUT2D eigenvalue weighted by molar-refractivity contribution is 5.99. The maximum Gasteiger partial charge on any atom is 0.324 e. The number of para-hydroxylation sites is 1. The van der Waals surface area contributed by atoms with Gasteiger partial charge in [0.05, 0.1) is 11.6 Å². The van der Waals surface area contributed by atoms with Gasteiger partial charge in [-0.05, 0) is 25.0 Å². The smallest absolute Gasteiger partial charge is 0.322 e. The third-order valence-corrected chi connectivity index (χ3v) is 6.08. The van der Waals surface area contributed by atoms with Gasteiger partial charge in [0.25, 0.3) is 0 Å². The molecule has 3 unspecified atom stereocenters. The zero-order valence-electron chi connectivity index (χ0n) is 17.6. The molecule has 2 fully saturated rings. The maximum absolute atomic E-state index is 12.8. The normalized spacial score (nSPS) is 22.5. The van der Waals surface area contributed by atoms with Gasteiger partial charge in [0.15, 0.2) is 6.29 Å². The summed E-state index contributed by atoms with van der Waals surface area (Å²) >= 11 is 0. The van der Waals surface area contributed by atoms with Crippen LogP contribution in [-0.4, -0.2) is 27.8 Å². The Morgan fingerprint density at radius 3 is 2.47 bits per heavy atom. The molecule has 0 spiro atoms. The first-order valence-electron chi connectivity index (χ1n) is 11.0. The predicted molar refractivity (Wildman–Crippen MR) is 123 cm³/mol. The number of rotatable bonds is 4. The van der Waals surface area contributed by atoms with Crippen molar-refractivity contribution in [2.45, 2.75) is 38.0 Å². The van der Waals surface area contributed by atoms with E-state index in [0.29, 0.717) is 17.2 Å². The van der Waals surface area contributed by atoms with Crippen LogP contribution in [0, 0.1) is 5.92 Å². The number of urea groups is 1. The zero-order valence-corrected chi connectivity index (χ0v) is 17.6. The number of nitrogens with one attached hydrogen (secondary N) is 4. The van der Waals surface area contributed by atoms with Gasteiger partial charge >= 0.3 is 6.03 Å². The molecule has 2 aliphatic rings. The van der Waals surface area contributed by atoms with Gasteiger partial charge in [0.1, 0.15) is 5.82 Å². The van der Waals surface area contributed by atoms with Gasteiger partial charge in [-0.25, -0.2) is 9.48 Å². The minimum atomic E-state index is -0.536. The average molecular weight is 431 g/mol. The molecule has 1 aliphatic carbocycles. The highest BCUT2D eigenvalue weighted by Gasteiger charge is 2.38. The molecule has 4 N–H and O–H groups in total. The predicted octanol–water partition coefficient (Wildman–Crippen LogP) is 3.93. The molecule has 3 aromatic rings. The molecule has 8 heteroatoms. The van der Waals surface area contributed by atoms with Gasteiger partial charge in [-0.15, -0.1) is 0 Å². The summed E-state index contributed by atoms with van der Waals surface area (Å²) in [7, 11) is 0. The van der Waals surface area contributed by atoms with Crippen LogP contribution in [-0.2, 0) is 4.79 Å². The largest absolute Gasteiger partial charge is 0.324 e. The van der Waals surface area contributed by atoms with E-state index < -0.39 is 6.29 Å². The SMILES string of the molecule is O=C(Nc1ccccc1)Nc1cc(-c2ccccc2)nn1C1NC(=O)C2CCCCC2N1. The summed E-state index contributed by atoms with van der Waals surface area (Å²) in [6.45, 7) is 0. The number of aromatic nitrogens is 2. The fraction of sp³-hybridized carbons (Fsp3) is 0.292. The molecular weight excluding hydrogens is 404 g/mol. The van der Waals surface area contributed by atoms with Gasteiger partial charge in [-0.1, -0.05) is 61.4 Å². The number of fused-ring (bicyclic) bond motifs is 1. The lowest BCUT2D eigenvalue weighted by Gasteiger charge is -2.40. The fourth-order valence-electron chi connectivity index (χ4n) is 4.50. The molecule has 1 saturated heterocycles. The van der Waals surface area contributed by atoms with Crippen LogP contribution in [0.3, 0.4) is 0 Å². The summed E-state index contributed by atoms with van der Waals surface area (Å²) in [5.41, 5.74) is 2.33. The Bertz CT molecular complexity index is 1100. The lowest BCUT2D eigenvalue weighted by molar-refractivity contribution is -0.132. The first-order chi connectivity index (χ1) is 15.7. The molecular formula is C24H26N6O2. The monoisotopic (exact) mass is 430 g/mol. The number of hydrogen-bond acceptors (Lipinski definition) is 4. The van der Waals surface area contributed by atoms with Crippen LogP contribution in [0.5, 0.6) is 0 Å². The molecule has 5 rings (SSSR count). The molecule has 0 bridgehead atoms. The standard InChI is InChI=1S/C24H26N6O2/c31-22-18-13-7-8-14-19(18)26-23(28-22)30-21(15-20(29-30)16-9-3-1-4-10-16)27-24(32)25-17-11-5-2-6-12-17/h1-6,9-12,15,18-19,23,26H,7-8,13-14H2,(H,28,31)(H2,25,27,32). The van der Waals surface area contributed by atoms with Gasteiger partial charge in [0, 0.05) is 23.4 Å². The summed E-state index contributed by atoms with van der Waals surface area (Å²) in [6, 6.07) is 20.5. The second kappa shape index (κ2) is 8.84. The summed E-state index contributed by atoms with van der Waals surface area (Å²) in [5.74, 6) is 0.515. The Balaban J connectivity index is 1.43. The van der Waals surface area contributed by atoms with Crippen LogP contribution in [0.4, 0.5) is 16.3 Å². The number of carbonyl (C=O) groups is 2. The van der Waals surface area contributed by atoms with Crippen LogP contribution in [0.1, 0.15) is 32.0 Å². The van der Waals surface area contributed by atoms with Crippen molar-refractivity contribution in [1.82, 2.24) is 20.4 Å². The molecule has 1 aromatic heterocycles. The third kappa shape index (κ3) is 4.22. The average Bonchev–Trinajstić information content (AvgIpc) is 3.24. The number of carbonyl (C=O) groups excluding carboxylic acids is 2. The number of anilines is 2. The molecule has 1 aliphatic heterocycles. The van der Waals surface area contributed by atoms with Gasteiger partial charge < -0.3 is 10.6 Å². The van der Waals surface area contributed by atoms with E-state index in [-0.39, 0.29) is 23.9 Å². The summed E-state index contributed by atoms with van der Waals surface area (Å²) in [6.07, 6.45) is 3.50. The van der Waals surface area contributed by atoms with Crippen LogP contribution in [0.2, 0.25) is 0 Å². The van der Waals surface area contributed by atoms with E-state index in [1.165, 1.54) is 0 Å². The molecule has 2 aromatic carbocycles. The fourth-order valence-corrected chi connectivity index (χ4v) is 4.50. The van der Waals surface area contributed by atoms with Crippen LogP contribution < -0.4 is 21.3 Å². The Morgan fingerprint density at radius 2 is 1.69 bits per heavy atom. The van der Waals surface area contributed by atoms with E-state index in [9.17, 15) is 9.59 Å². The van der Waals surface area contributed by atoms with Crippen molar-refractivity contribution in [2.24, 2.45) is 5.92 Å². The summed E-state index contributed by atoms with van der Waals surface area (Å²) in [5, 5.41) is 17.0. The summed E-state index contributed by atoms with van der Waals surface area (Å²) < 4.78 is 1.65. The number of nitrogens with zero attached hydrogens (tertiary/aromatic N) is 2.